The molecule has 11 heteroatoms. The van der Waals surface area contributed by atoms with Crippen LogP contribution in [-0.2, 0) is 22.2 Å². The van der Waals surface area contributed by atoms with E-state index in [1.54, 1.807) is 24.1 Å². The molecule has 5 rings (SSSR count). The third kappa shape index (κ3) is 7.19. The van der Waals surface area contributed by atoms with E-state index in [1.807, 2.05) is 35.2 Å². The SMILES string of the molecule is COc1ccc(CN2C(=O)CCc3c(OC[C@]4(O)CCN(c5ccc(F)cc5Cl)C[C@H]4O[Si](C)(C)C(C)(C)C)ccc(Cl)c32)cc1. The van der Waals surface area contributed by atoms with Gasteiger partial charge in [-0.1, -0.05) is 56.1 Å². The number of carbonyl (C=O) groups is 1. The minimum Gasteiger partial charge on any atom is -0.497 e. The molecule has 0 unspecified atom stereocenters. The molecule has 2 atom stereocenters. The molecule has 7 nitrogen and oxygen atoms in total. The zero-order valence-electron chi connectivity index (χ0n) is 27.3. The molecule has 2 aliphatic rings. The van der Waals surface area contributed by atoms with Crippen molar-refractivity contribution in [3.8, 4) is 11.5 Å². The van der Waals surface area contributed by atoms with E-state index in [0.29, 0.717) is 66.1 Å². The molecule has 46 heavy (non-hydrogen) atoms. The number of nitrogens with zero attached hydrogens (tertiary/aromatic N) is 2. The summed E-state index contributed by atoms with van der Waals surface area (Å²) in [7, 11) is -0.724. The van der Waals surface area contributed by atoms with E-state index >= 15 is 0 Å². The van der Waals surface area contributed by atoms with Gasteiger partial charge in [-0.15, -0.1) is 0 Å². The molecule has 1 N–H and O–H groups in total. The average Bonchev–Trinajstić information content (AvgIpc) is 2.99. The Morgan fingerprint density at radius 2 is 1.76 bits per heavy atom. The van der Waals surface area contributed by atoms with Gasteiger partial charge in [-0.3, -0.25) is 4.79 Å². The molecule has 0 radical (unpaired) electrons. The summed E-state index contributed by atoms with van der Waals surface area (Å²) >= 11 is 13.2. The Hall–Kier alpha value is -2.82. The van der Waals surface area contributed by atoms with Gasteiger partial charge in [0.1, 0.15) is 29.5 Å². The first-order chi connectivity index (χ1) is 21.6. The lowest BCUT2D eigenvalue weighted by atomic mass is 9.89. The van der Waals surface area contributed by atoms with Crippen LogP contribution in [0.2, 0.25) is 28.2 Å². The predicted molar refractivity (Wildman–Crippen MR) is 185 cm³/mol. The molecule has 0 aromatic heterocycles. The molecule has 0 aliphatic carbocycles. The number of piperidine rings is 1. The van der Waals surface area contributed by atoms with Crippen LogP contribution in [0.1, 0.15) is 44.7 Å². The predicted octanol–water partition coefficient (Wildman–Crippen LogP) is 8.03. The number of halogens is 3. The molecule has 1 amide bonds. The average molecular weight is 690 g/mol. The standard InChI is InChI=1S/C35H43Cl2FN2O5Si/c1-34(2,3)46(5,6)45-31-21-39(29-14-9-24(38)19-28(29)37)18-17-35(31,42)22-44-30-15-13-27(36)33-26(30)12-16-32(41)40(33)20-23-7-10-25(43-4)11-8-23/h7-11,13-15,19,31,42H,12,16-18,20-22H2,1-6H3/t31-,35-/m1/s1. The molecule has 248 valence electrons. The summed E-state index contributed by atoms with van der Waals surface area (Å²) in [6.07, 6.45) is 0.536. The van der Waals surface area contributed by atoms with Crippen LogP contribution >= 0.6 is 23.2 Å². The molecular formula is C35H43Cl2FN2O5Si. The number of ether oxygens (including phenoxy) is 2. The second kappa shape index (κ2) is 13.4. The van der Waals surface area contributed by atoms with Gasteiger partial charge in [-0.2, -0.15) is 0 Å². The van der Waals surface area contributed by atoms with Crippen LogP contribution in [0, 0.1) is 5.82 Å². The summed E-state index contributed by atoms with van der Waals surface area (Å²) in [6, 6.07) is 15.5. The molecular weight excluding hydrogens is 646 g/mol. The molecule has 2 aliphatic heterocycles. The van der Waals surface area contributed by atoms with Crippen LogP contribution in [0.4, 0.5) is 15.8 Å². The molecule has 0 bridgehead atoms. The maximum Gasteiger partial charge on any atom is 0.227 e. The second-order valence-corrected chi connectivity index (χ2v) is 19.3. The van der Waals surface area contributed by atoms with Crippen molar-refractivity contribution in [3.63, 3.8) is 0 Å². The first-order valence-electron chi connectivity index (χ1n) is 15.6. The topological polar surface area (TPSA) is 71.5 Å². The summed E-state index contributed by atoms with van der Waals surface area (Å²) in [5.74, 6) is 0.898. The van der Waals surface area contributed by atoms with Crippen LogP contribution in [0.3, 0.4) is 0 Å². The monoisotopic (exact) mass is 688 g/mol. The first kappa shape index (κ1) is 34.5. The molecule has 0 saturated carbocycles. The smallest absolute Gasteiger partial charge is 0.227 e. The number of carbonyl (C=O) groups excluding carboxylic acids is 1. The van der Waals surface area contributed by atoms with Gasteiger partial charge in [-0.05, 0) is 79.0 Å². The highest BCUT2D eigenvalue weighted by Gasteiger charge is 2.49. The first-order valence-corrected chi connectivity index (χ1v) is 19.3. The Bertz CT molecular complexity index is 1580. The lowest BCUT2D eigenvalue weighted by Crippen LogP contribution is -2.63. The van der Waals surface area contributed by atoms with Crippen molar-refractivity contribution < 1.29 is 28.2 Å². The highest BCUT2D eigenvalue weighted by molar-refractivity contribution is 6.74. The fraction of sp³-hybridized carbons (Fsp3) is 0.457. The summed E-state index contributed by atoms with van der Waals surface area (Å²) in [5, 5.41) is 12.9. The number of amides is 1. The number of fused-ring (bicyclic) bond motifs is 1. The van der Waals surface area contributed by atoms with E-state index in [1.165, 1.54) is 12.1 Å². The van der Waals surface area contributed by atoms with Gasteiger partial charge in [0, 0.05) is 25.1 Å². The van der Waals surface area contributed by atoms with E-state index in [-0.39, 0.29) is 17.6 Å². The fourth-order valence-electron chi connectivity index (χ4n) is 5.78. The van der Waals surface area contributed by atoms with E-state index in [9.17, 15) is 14.3 Å². The number of methoxy groups -OCH3 is 1. The van der Waals surface area contributed by atoms with Crippen LogP contribution in [0.15, 0.2) is 54.6 Å². The number of rotatable bonds is 9. The summed E-state index contributed by atoms with van der Waals surface area (Å²) < 4.78 is 32.5. The summed E-state index contributed by atoms with van der Waals surface area (Å²) in [6.45, 7) is 12.0. The lowest BCUT2D eigenvalue weighted by Gasteiger charge is -2.49. The van der Waals surface area contributed by atoms with Crippen LogP contribution in [-0.4, -0.2) is 57.8 Å². The Kier molecular flexibility index (Phi) is 10.0. The fourth-order valence-corrected chi connectivity index (χ4v) is 7.71. The van der Waals surface area contributed by atoms with Crippen molar-refractivity contribution in [2.24, 2.45) is 0 Å². The van der Waals surface area contributed by atoms with Gasteiger partial charge in [0.15, 0.2) is 8.32 Å². The minimum absolute atomic E-state index is 0.0161. The number of hydrogen-bond donors (Lipinski definition) is 1. The van der Waals surface area contributed by atoms with Crippen molar-refractivity contribution in [1.29, 1.82) is 0 Å². The quantitative estimate of drug-likeness (QED) is 0.230. The van der Waals surface area contributed by atoms with Crippen molar-refractivity contribution >= 4 is 48.8 Å². The van der Waals surface area contributed by atoms with Gasteiger partial charge in [0.25, 0.3) is 0 Å². The third-order valence-corrected chi connectivity index (χ3v) is 14.7. The second-order valence-electron chi connectivity index (χ2n) is 13.8. The number of anilines is 2. The normalized spacial score (nSPS) is 20.5. The Morgan fingerprint density at radius 1 is 1.04 bits per heavy atom. The van der Waals surface area contributed by atoms with Crippen molar-refractivity contribution in [2.45, 2.75) is 76.4 Å². The van der Waals surface area contributed by atoms with Gasteiger partial charge in [0.05, 0.1) is 41.2 Å². The van der Waals surface area contributed by atoms with Crippen molar-refractivity contribution in [3.05, 3.63) is 81.6 Å². The van der Waals surface area contributed by atoms with E-state index in [4.69, 9.17) is 37.1 Å². The summed E-state index contributed by atoms with van der Waals surface area (Å²) in [5.41, 5.74) is 1.79. The molecule has 1 saturated heterocycles. The van der Waals surface area contributed by atoms with Gasteiger partial charge in [-0.25, -0.2) is 4.39 Å². The van der Waals surface area contributed by atoms with Crippen LogP contribution in [0.5, 0.6) is 11.5 Å². The van der Waals surface area contributed by atoms with E-state index in [0.717, 1.165) is 16.9 Å². The Morgan fingerprint density at radius 3 is 2.41 bits per heavy atom. The number of benzene rings is 3. The van der Waals surface area contributed by atoms with Gasteiger partial charge < -0.3 is 28.8 Å². The Balaban J connectivity index is 1.41. The van der Waals surface area contributed by atoms with E-state index < -0.39 is 25.8 Å². The van der Waals surface area contributed by atoms with Crippen molar-refractivity contribution in [1.82, 2.24) is 0 Å². The Labute approximate surface area is 282 Å². The zero-order chi connectivity index (χ0) is 33.4. The molecule has 3 aromatic carbocycles. The molecule has 0 spiro atoms. The highest BCUT2D eigenvalue weighted by Crippen LogP contribution is 2.44. The zero-order valence-corrected chi connectivity index (χ0v) is 29.8. The third-order valence-electron chi connectivity index (χ3n) is 9.62. The number of hydrogen-bond acceptors (Lipinski definition) is 6. The number of aliphatic hydroxyl groups is 1. The van der Waals surface area contributed by atoms with Crippen molar-refractivity contribution in [2.75, 3.05) is 36.6 Å². The van der Waals surface area contributed by atoms with Gasteiger partial charge in [0.2, 0.25) is 5.91 Å². The van der Waals surface area contributed by atoms with E-state index in [2.05, 4.69) is 33.9 Å². The molecule has 1 fully saturated rings. The maximum atomic E-state index is 13.8. The summed E-state index contributed by atoms with van der Waals surface area (Å²) in [4.78, 5) is 16.9. The lowest BCUT2D eigenvalue weighted by molar-refractivity contribution is -0.119. The van der Waals surface area contributed by atoms with Crippen LogP contribution < -0.4 is 19.3 Å². The van der Waals surface area contributed by atoms with Gasteiger partial charge >= 0.3 is 0 Å². The molecule has 3 aromatic rings. The molecule has 2 heterocycles. The largest absolute Gasteiger partial charge is 0.497 e. The maximum absolute atomic E-state index is 13.8. The highest BCUT2D eigenvalue weighted by atomic mass is 35.5. The van der Waals surface area contributed by atoms with Crippen LogP contribution in [0.25, 0.3) is 0 Å². The minimum atomic E-state index is -2.34.